The van der Waals surface area contributed by atoms with Crippen molar-refractivity contribution < 1.29 is 4.74 Å². The highest BCUT2D eigenvalue weighted by Crippen LogP contribution is 2.35. The summed E-state index contributed by atoms with van der Waals surface area (Å²) in [7, 11) is 1.74. The normalized spacial score (nSPS) is 16.9. The molecule has 1 rings (SSSR count). The summed E-state index contributed by atoms with van der Waals surface area (Å²) in [6.45, 7) is 7.01. The van der Waals surface area contributed by atoms with E-state index in [0.717, 1.165) is 37.1 Å². The van der Waals surface area contributed by atoms with Gasteiger partial charge in [0.1, 0.15) is 0 Å². The lowest BCUT2D eigenvalue weighted by Gasteiger charge is -2.31. The standard InChI is InChI=1S/C12H24N2OS/c1-4-7-13-12(16)14(8-9-15-3)10(2)11-5-6-11/h10-11H,4-9H2,1-3H3,(H,13,16). The van der Waals surface area contributed by atoms with Gasteiger partial charge < -0.3 is 15.0 Å². The van der Waals surface area contributed by atoms with Crippen LogP contribution in [-0.4, -0.2) is 42.9 Å². The second-order valence-corrected chi connectivity index (χ2v) is 4.88. The predicted octanol–water partition coefficient (Wildman–Crippen LogP) is 2.02. The van der Waals surface area contributed by atoms with E-state index >= 15 is 0 Å². The summed E-state index contributed by atoms with van der Waals surface area (Å²) in [4.78, 5) is 2.28. The maximum atomic E-state index is 5.44. The van der Waals surface area contributed by atoms with Gasteiger partial charge >= 0.3 is 0 Å². The molecule has 0 saturated heterocycles. The average molecular weight is 244 g/mol. The van der Waals surface area contributed by atoms with Crippen molar-refractivity contribution in [3.8, 4) is 0 Å². The molecule has 0 aliphatic heterocycles. The van der Waals surface area contributed by atoms with Gasteiger partial charge in [-0.25, -0.2) is 0 Å². The molecule has 0 bridgehead atoms. The number of hydrogen-bond acceptors (Lipinski definition) is 2. The molecule has 0 amide bonds. The first-order chi connectivity index (χ1) is 7.70. The SMILES string of the molecule is CCCNC(=S)N(CCOC)C(C)C1CC1. The van der Waals surface area contributed by atoms with Crippen LogP contribution in [0.15, 0.2) is 0 Å². The first-order valence-electron chi connectivity index (χ1n) is 6.24. The van der Waals surface area contributed by atoms with Crippen molar-refractivity contribution in [2.24, 2.45) is 5.92 Å². The van der Waals surface area contributed by atoms with Gasteiger partial charge in [-0.2, -0.15) is 0 Å². The summed E-state index contributed by atoms with van der Waals surface area (Å²) < 4.78 is 5.15. The molecule has 94 valence electrons. The van der Waals surface area contributed by atoms with Crippen molar-refractivity contribution in [2.45, 2.75) is 39.2 Å². The number of nitrogens with zero attached hydrogens (tertiary/aromatic N) is 1. The van der Waals surface area contributed by atoms with Crippen molar-refractivity contribution in [3.63, 3.8) is 0 Å². The molecule has 1 saturated carbocycles. The highest BCUT2D eigenvalue weighted by Gasteiger charge is 2.32. The maximum Gasteiger partial charge on any atom is 0.169 e. The molecular weight excluding hydrogens is 220 g/mol. The van der Waals surface area contributed by atoms with Crippen molar-refractivity contribution in [1.82, 2.24) is 10.2 Å². The summed E-state index contributed by atoms with van der Waals surface area (Å²) in [6, 6.07) is 0.548. The minimum absolute atomic E-state index is 0.548. The van der Waals surface area contributed by atoms with E-state index in [1.54, 1.807) is 7.11 Å². The van der Waals surface area contributed by atoms with Crippen LogP contribution < -0.4 is 5.32 Å². The molecular formula is C12H24N2OS. The van der Waals surface area contributed by atoms with Gasteiger partial charge in [-0.15, -0.1) is 0 Å². The van der Waals surface area contributed by atoms with Crippen molar-refractivity contribution in [2.75, 3.05) is 26.8 Å². The molecule has 1 N–H and O–H groups in total. The van der Waals surface area contributed by atoms with Crippen LogP contribution >= 0.6 is 12.2 Å². The topological polar surface area (TPSA) is 24.5 Å². The fraction of sp³-hybridized carbons (Fsp3) is 0.917. The Morgan fingerprint density at radius 1 is 1.56 bits per heavy atom. The van der Waals surface area contributed by atoms with Gasteiger partial charge in [0.2, 0.25) is 0 Å². The molecule has 0 aromatic heterocycles. The lowest BCUT2D eigenvalue weighted by molar-refractivity contribution is 0.159. The molecule has 1 atom stereocenters. The number of rotatable bonds is 7. The van der Waals surface area contributed by atoms with Crippen LogP contribution in [0.4, 0.5) is 0 Å². The largest absolute Gasteiger partial charge is 0.383 e. The maximum absolute atomic E-state index is 5.44. The van der Waals surface area contributed by atoms with Crippen LogP contribution in [-0.2, 0) is 4.74 Å². The van der Waals surface area contributed by atoms with Crippen LogP contribution in [0.25, 0.3) is 0 Å². The van der Waals surface area contributed by atoms with Gasteiger partial charge in [-0.3, -0.25) is 0 Å². The fourth-order valence-corrected chi connectivity index (χ4v) is 2.21. The Labute approximate surface area is 105 Å². The third-order valence-corrected chi connectivity index (χ3v) is 3.50. The summed E-state index contributed by atoms with van der Waals surface area (Å²) >= 11 is 5.44. The first-order valence-corrected chi connectivity index (χ1v) is 6.65. The molecule has 1 aliphatic carbocycles. The molecule has 1 fully saturated rings. The van der Waals surface area contributed by atoms with Crippen molar-refractivity contribution in [1.29, 1.82) is 0 Å². The van der Waals surface area contributed by atoms with E-state index in [2.05, 4.69) is 24.1 Å². The average Bonchev–Trinajstić information content (AvgIpc) is 3.10. The van der Waals surface area contributed by atoms with Crippen LogP contribution in [0, 0.1) is 5.92 Å². The highest BCUT2D eigenvalue weighted by atomic mass is 32.1. The van der Waals surface area contributed by atoms with Crippen molar-refractivity contribution >= 4 is 17.3 Å². The smallest absolute Gasteiger partial charge is 0.169 e. The van der Waals surface area contributed by atoms with Crippen LogP contribution in [0.1, 0.15) is 33.1 Å². The Morgan fingerprint density at radius 3 is 2.75 bits per heavy atom. The van der Waals surface area contributed by atoms with Gasteiger partial charge in [-0.05, 0) is 44.3 Å². The van der Waals surface area contributed by atoms with Gasteiger partial charge in [0.25, 0.3) is 0 Å². The zero-order chi connectivity index (χ0) is 12.0. The number of ether oxygens (including phenoxy) is 1. The summed E-state index contributed by atoms with van der Waals surface area (Å²) in [5.41, 5.74) is 0. The lowest BCUT2D eigenvalue weighted by atomic mass is 10.2. The van der Waals surface area contributed by atoms with Gasteiger partial charge in [0.05, 0.1) is 6.61 Å². The Bertz CT molecular complexity index is 219. The molecule has 1 unspecified atom stereocenters. The fourth-order valence-electron chi connectivity index (χ4n) is 1.85. The molecule has 0 spiro atoms. The molecule has 4 heteroatoms. The van der Waals surface area contributed by atoms with E-state index in [4.69, 9.17) is 17.0 Å². The molecule has 16 heavy (non-hydrogen) atoms. The minimum atomic E-state index is 0.548. The zero-order valence-corrected chi connectivity index (χ0v) is 11.5. The molecule has 0 heterocycles. The van der Waals surface area contributed by atoms with Crippen molar-refractivity contribution in [3.05, 3.63) is 0 Å². The van der Waals surface area contributed by atoms with Gasteiger partial charge in [0.15, 0.2) is 5.11 Å². The Morgan fingerprint density at radius 2 is 2.25 bits per heavy atom. The summed E-state index contributed by atoms with van der Waals surface area (Å²) in [5, 5.41) is 4.19. The Balaban J connectivity index is 2.43. The second kappa shape index (κ2) is 7.07. The van der Waals surface area contributed by atoms with Gasteiger partial charge in [-0.1, -0.05) is 6.92 Å². The molecule has 3 nitrogen and oxygen atoms in total. The Kier molecular flexibility index (Phi) is 6.06. The number of thiocarbonyl (C=S) groups is 1. The number of hydrogen-bond donors (Lipinski definition) is 1. The molecule has 1 aliphatic rings. The molecule has 0 aromatic rings. The van der Waals surface area contributed by atoms with Crippen LogP contribution in [0.2, 0.25) is 0 Å². The Hall–Kier alpha value is -0.350. The van der Waals surface area contributed by atoms with E-state index in [1.807, 2.05) is 0 Å². The molecule has 0 radical (unpaired) electrons. The quantitative estimate of drug-likeness (QED) is 0.693. The van der Waals surface area contributed by atoms with Crippen LogP contribution in [0.3, 0.4) is 0 Å². The van der Waals surface area contributed by atoms with E-state index < -0.39 is 0 Å². The minimum Gasteiger partial charge on any atom is -0.383 e. The van der Waals surface area contributed by atoms with E-state index in [0.29, 0.717) is 6.04 Å². The van der Waals surface area contributed by atoms with Gasteiger partial charge in [0, 0.05) is 26.2 Å². The number of methoxy groups -OCH3 is 1. The zero-order valence-electron chi connectivity index (χ0n) is 10.7. The van der Waals surface area contributed by atoms with E-state index in [-0.39, 0.29) is 0 Å². The lowest BCUT2D eigenvalue weighted by Crippen LogP contribution is -2.47. The van der Waals surface area contributed by atoms with E-state index in [9.17, 15) is 0 Å². The van der Waals surface area contributed by atoms with E-state index in [1.165, 1.54) is 12.8 Å². The first kappa shape index (κ1) is 13.7. The predicted molar refractivity (Wildman–Crippen MR) is 71.7 cm³/mol. The summed E-state index contributed by atoms with van der Waals surface area (Å²) in [5.74, 6) is 0.832. The third kappa shape index (κ3) is 4.26. The summed E-state index contributed by atoms with van der Waals surface area (Å²) in [6.07, 6.45) is 3.80. The second-order valence-electron chi connectivity index (χ2n) is 4.50. The monoisotopic (exact) mass is 244 g/mol. The molecule has 0 aromatic carbocycles. The van der Waals surface area contributed by atoms with Crippen LogP contribution in [0.5, 0.6) is 0 Å². The number of nitrogens with one attached hydrogen (secondary N) is 1. The highest BCUT2D eigenvalue weighted by molar-refractivity contribution is 7.80. The third-order valence-electron chi connectivity index (χ3n) is 3.12.